The number of hydrogen-bond donors (Lipinski definition) is 1. The highest BCUT2D eigenvalue weighted by Crippen LogP contribution is 2.30. The zero-order chi connectivity index (χ0) is 26.2. The normalized spacial score (nSPS) is 10.7. The average Bonchev–Trinajstić information content (AvgIpc) is 3.40. The lowest BCUT2D eigenvalue weighted by molar-refractivity contribution is 0.0729. The third kappa shape index (κ3) is 6.84. The van der Waals surface area contributed by atoms with Gasteiger partial charge in [0.15, 0.2) is 11.5 Å². The second-order valence-electron chi connectivity index (χ2n) is 8.18. The van der Waals surface area contributed by atoms with Crippen molar-refractivity contribution in [2.45, 2.75) is 26.3 Å². The number of ether oxygens (including phenoxy) is 3. The number of aliphatic hydroxyl groups is 1. The van der Waals surface area contributed by atoms with Gasteiger partial charge in [0.2, 0.25) is 0 Å². The maximum atomic E-state index is 13.6. The third-order valence-electron chi connectivity index (χ3n) is 5.60. The maximum Gasteiger partial charge on any atom is 0.254 e. The molecule has 3 aromatic carbocycles. The van der Waals surface area contributed by atoms with Gasteiger partial charge in [-0.05, 0) is 53.6 Å². The van der Waals surface area contributed by atoms with Gasteiger partial charge in [-0.15, -0.1) is 11.3 Å². The Morgan fingerprint density at radius 1 is 0.973 bits per heavy atom. The van der Waals surface area contributed by atoms with Gasteiger partial charge in [0.05, 0.1) is 26.5 Å². The van der Waals surface area contributed by atoms with E-state index in [9.17, 15) is 14.3 Å². The van der Waals surface area contributed by atoms with E-state index in [1.807, 2.05) is 12.1 Å². The highest BCUT2D eigenvalue weighted by Gasteiger charge is 2.19. The second-order valence-corrected chi connectivity index (χ2v) is 9.13. The number of thiazole rings is 1. The zero-order valence-electron chi connectivity index (χ0n) is 20.5. The number of rotatable bonds is 11. The molecule has 1 heterocycles. The lowest BCUT2D eigenvalue weighted by atomic mass is 10.1. The monoisotopic (exact) mass is 522 g/mol. The molecule has 37 heavy (non-hydrogen) atoms. The minimum atomic E-state index is -0.335. The van der Waals surface area contributed by atoms with Crippen LogP contribution in [0, 0.1) is 5.82 Å². The highest BCUT2D eigenvalue weighted by molar-refractivity contribution is 7.09. The summed E-state index contributed by atoms with van der Waals surface area (Å²) in [6.07, 6.45) is 0. The molecule has 0 radical (unpaired) electrons. The van der Waals surface area contributed by atoms with Gasteiger partial charge in [0.1, 0.15) is 23.2 Å². The topological polar surface area (TPSA) is 81.1 Å². The van der Waals surface area contributed by atoms with E-state index in [4.69, 9.17) is 14.2 Å². The van der Waals surface area contributed by atoms with E-state index in [1.165, 1.54) is 23.5 Å². The number of aromatic nitrogens is 1. The lowest BCUT2D eigenvalue weighted by Gasteiger charge is -2.24. The van der Waals surface area contributed by atoms with Crippen LogP contribution in [0.25, 0.3) is 0 Å². The number of hydrogen-bond acceptors (Lipinski definition) is 7. The van der Waals surface area contributed by atoms with Gasteiger partial charge in [-0.25, -0.2) is 9.37 Å². The molecule has 0 saturated heterocycles. The maximum absolute atomic E-state index is 13.6. The number of carbonyl (C=O) groups excluding carboxylic acids is 1. The minimum absolute atomic E-state index is 0.124. The molecule has 0 spiro atoms. The smallest absolute Gasteiger partial charge is 0.254 e. The first-order valence-electron chi connectivity index (χ1n) is 11.5. The Morgan fingerprint density at radius 3 is 2.43 bits per heavy atom. The van der Waals surface area contributed by atoms with Gasteiger partial charge in [0, 0.05) is 24.0 Å². The van der Waals surface area contributed by atoms with Crippen LogP contribution in [-0.4, -0.2) is 35.1 Å². The summed E-state index contributed by atoms with van der Waals surface area (Å²) in [7, 11) is 3.11. The molecule has 0 saturated carbocycles. The van der Waals surface area contributed by atoms with E-state index < -0.39 is 0 Å². The van der Waals surface area contributed by atoms with Gasteiger partial charge >= 0.3 is 0 Å². The van der Waals surface area contributed by atoms with Crippen LogP contribution in [-0.2, 0) is 26.3 Å². The molecule has 192 valence electrons. The van der Waals surface area contributed by atoms with Crippen LogP contribution >= 0.6 is 11.3 Å². The first-order valence-corrected chi connectivity index (χ1v) is 12.4. The quantitative estimate of drug-likeness (QED) is 0.291. The molecule has 1 aromatic heterocycles. The molecule has 0 aliphatic rings. The molecular formula is C28H27FN2O5S. The number of halogens is 1. The van der Waals surface area contributed by atoms with Crippen LogP contribution in [0.3, 0.4) is 0 Å². The standard InChI is InChI=1S/C28H27FN2O5S/c1-34-24-5-3-4-21(13-24)28(33)31(14-19-6-9-22(29)10-7-19)15-20-8-11-25(35-2)26(12-20)36-17-27-30-23(16-32)18-37-27/h3-13,18,32H,14-17H2,1-2H3. The van der Waals surface area contributed by atoms with Crippen molar-refractivity contribution >= 4 is 17.2 Å². The molecule has 1 amide bonds. The van der Waals surface area contributed by atoms with Gasteiger partial charge in [0.25, 0.3) is 5.91 Å². The van der Waals surface area contributed by atoms with Crippen molar-refractivity contribution < 1.29 is 28.5 Å². The lowest BCUT2D eigenvalue weighted by Crippen LogP contribution is -2.30. The second kappa shape index (κ2) is 12.3. The number of carbonyl (C=O) groups is 1. The van der Waals surface area contributed by atoms with Crippen molar-refractivity contribution in [3.8, 4) is 17.2 Å². The van der Waals surface area contributed by atoms with Gasteiger partial charge in [-0.3, -0.25) is 4.79 Å². The Morgan fingerprint density at radius 2 is 1.73 bits per heavy atom. The largest absolute Gasteiger partial charge is 0.497 e. The summed E-state index contributed by atoms with van der Waals surface area (Å²) in [6.45, 7) is 0.647. The first-order chi connectivity index (χ1) is 18.0. The molecule has 0 bridgehead atoms. The molecule has 0 unspecified atom stereocenters. The van der Waals surface area contributed by atoms with Crippen LogP contribution in [0.5, 0.6) is 17.2 Å². The molecule has 0 fully saturated rings. The van der Waals surface area contributed by atoms with Crippen LogP contribution < -0.4 is 14.2 Å². The van der Waals surface area contributed by atoms with Crippen molar-refractivity contribution in [1.29, 1.82) is 0 Å². The molecule has 7 nitrogen and oxygen atoms in total. The first kappa shape index (κ1) is 26.1. The Bertz CT molecular complexity index is 1340. The van der Waals surface area contributed by atoms with E-state index in [-0.39, 0.29) is 38.0 Å². The summed E-state index contributed by atoms with van der Waals surface area (Å²) in [6, 6.07) is 18.5. The molecule has 0 aliphatic heterocycles. The van der Waals surface area contributed by atoms with E-state index in [0.717, 1.165) is 16.1 Å². The van der Waals surface area contributed by atoms with Crippen LogP contribution in [0.15, 0.2) is 72.1 Å². The van der Waals surface area contributed by atoms with Gasteiger partial charge < -0.3 is 24.2 Å². The minimum Gasteiger partial charge on any atom is -0.497 e. The Hall–Kier alpha value is -3.95. The van der Waals surface area contributed by atoms with Crippen LogP contribution in [0.2, 0.25) is 0 Å². The number of methoxy groups -OCH3 is 2. The van der Waals surface area contributed by atoms with Crippen LogP contribution in [0.4, 0.5) is 4.39 Å². The van der Waals surface area contributed by atoms with E-state index in [1.54, 1.807) is 67.0 Å². The highest BCUT2D eigenvalue weighted by atomic mass is 32.1. The fourth-order valence-electron chi connectivity index (χ4n) is 3.73. The molecule has 9 heteroatoms. The van der Waals surface area contributed by atoms with E-state index in [2.05, 4.69) is 4.98 Å². The summed E-state index contributed by atoms with van der Waals surface area (Å²) in [5, 5.41) is 11.7. The summed E-state index contributed by atoms with van der Waals surface area (Å²) < 4.78 is 30.2. The van der Waals surface area contributed by atoms with Crippen LogP contribution in [0.1, 0.15) is 32.2 Å². The molecule has 0 aliphatic carbocycles. The third-order valence-corrected chi connectivity index (χ3v) is 6.48. The number of amides is 1. The number of aliphatic hydroxyl groups excluding tert-OH is 1. The van der Waals surface area contributed by atoms with Crippen molar-refractivity contribution in [3.63, 3.8) is 0 Å². The van der Waals surface area contributed by atoms with Gasteiger partial charge in [-0.2, -0.15) is 0 Å². The fraction of sp³-hybridized carbons (Fsp3) is 0.214. The number of benzene rings is 3. The van der Waals surface area contributed by atoms with Crippen molar-refractivity contribution in [2.75, 3.05) is 14.2 Å². The summed E-state index contributed by atoms with van der Waals surface area (Å²) >= 11 is 1.40. The zero-order valence-corrected chi connectivity index (χ0v) is 21.3. The van der Waals surface area contributed by atoms with Gasteiger partial charge in [-0.1, -0.05) is 24.3 Å². The summed E-state index contributed by atoms with van der Waals surface area (Å²) in [5.41, 5.74) is 2.70. The molecular weight excluding hydrogens is 495 g/mol. The van der Waals surface area contributed by atoms with Crippen molar-refractivity contribution in [2.24, 2.45) is 0 Å². The van der Waals surface area contributed by atoms with Crippen molar-refractivity contribution in [1.82, 2.24) is 9.88 Å². The van der Waals surface area contributed by atoms with E-state index >= 15 is 0 Å². The predicted molar refractivity (Wildman–Crippen MR) is 138 cm³/mol. The number of nitrogens with zero attached hydrogens (tertiary/aromatic N) is 2. The van der Waals surface area contributed by atoms with Crippen molar-refractivity contribution in [3.05, 3.63) is 105 Å². The summed E-state index contributed by atoms with van der Waals surface area (Å²) in [5.74, 6) is 1.11. The molecule has 1 N–H and O–H groups in total. The predicted octanol–water partition coefficient (Wildman–Crippen LogP) is 5.21. The Labute approximate surface area is 218 Å². The fourth-order valence-corrected chi connectivity index (χ4v) is 4.42. The molecule has 0 atom stereocenters. The average molecular weight is 523 g/mol. The molecule has 4 rings (SSSR count). The SMILES string of the molecule is COc1cccc(C(=O)N(Cc2ccc(F)cc2)Cc2ccc(OC)c(OCc3nc(CO)cs3)c2)c1. The summed E-state index contributed by atoms with van der Waals surface area (Å²) in [4.78, 5) is 19.5. The molecule has 4 aromatic rings. The Kier molecular flexibility index (Phi) is 8.71. The van der Waals surface area contributed by atoms with E-state index in [0.29, 0.717) is 28.5 Å². The Balaban J connectivity index is 1.59.